The molecule has 0 unspecified atom stereocenters. The summed E-state index contributed by atoms with van der Waals surface area (Å²) >= 11 is 0. The lowest BCUT2D eigenvalue weighted by molar-refractivity contribution is -0.120. The number of aryl methyl sites for hydroxylation is 1. The number of hydrogen-bond donors (Lipinski definition) is 1. The Balaban J connectivity index is 1.43. The van der Waals surface area contributed by atoms with E-state index in [1.54, 1.807) is 13.0 Å². The number of hydrogen-bond acceptors (Lipinski definition) is 7. The van der Waals surface area contributed by atoms with E-state index in [4.69, 9.17) is 0 Å². The number of carbonyl (C=O) groups is 2. The van der Waals surface area contributed by atoms with Crippen LogP contribution >= 0.6 is 0 Å². The van der Waals surface area contributed by atoms with Crippen molar-refractivity contribution in [2.24, 2.45) is 5.92 Å². The van der Waals surface area contributed by atoms with Gasteiger partial charge in [-0.05, 0) is 67.4 Å². The number of sulfonamides is 1. The SMILES string of the molecule is CC(=O)c1cccc(S(=O)(=O)N2CCC(C(=O)Nc3cc(-n4nnnc4C)ccc3F)CC2)c1. The largest absolute Gasteiger partial charge is 0.323 e. The monoisotopic (exact) mass is 486 g/mol. The third-order valence-electron chi connectivity index (χ3n) is 5.78. The molecular formula is C22H23FN6O4S. The highest BCUT2D eigenvalue weighted by molar-refractivity contribution is 7.89. The minimum atomic E-state index is -3.80. The van der Waals surface area contributed by atoms with E-state index < -0.39 is 21.8 Å². The maximum Gasteiger partial charge on any atom is 0.243 e. The number of nitrogens with one attached hydrogen (secondary N) is 1. The van der Waals surface area contributed by atoms with Gasteiger partial charge in [0.2, 0.25) is 15.9 Å². The Morgan fingerprint density at radius 3 is 2.50 bits per heavy atom. The average Bonchev–Trinajstić information content (AvgIpc) is 3.26. The molecule has 2 heterocycles. The van der Waals surface area contributed by atoms with Gasteiger partial charge < -0.3 is 5.32 Å². The van der Waals surface area contributed by atoms with Gasteiger partial charge in [-0.25, -0.2) is 12.8 Å². The van der Waals surface area contributed by atoms with Gasteiger partial charge >= 0.3 is 0 Å². The van der Waals surface area contributed by atoms with E-state index in [1.807, 2.05) is 0 Å². The normalized spacial score (nSPS) is 15.3. The molecule has 1 aromatic heterocycles. The lowest BCUT2D eigenvalue weighted by atomic mass is 9.97. The van der Waals surface area contributed by atoms with Crippen molar-refractivity contribution in [3.63, 3.8) is 0 Å². The number of rotatable bonds is 6. The van der Waals surface area contributed by atoms with Crippen molar-refractivity contribution in [1.29, 1.82) is 0 Å². The van der Waals surface area contributed by atoms with Gasteiger partial charge in [-0.3, -0.25) is 9.59 Å². The van der Waals surface area contributed by atoms with Gasteiger partial charge in [0, 0.05) is 24.6 Å². The second-order valence-electron chi connectivity index (χ2n) is 8.05. The van der Waals surface area contributed by atoms with Crippen molar-refractivity contribution in [3.8, 4) is 5.69 Å². The van der Waals surface area contributed by atoms with Gasteiger partial charge in [-0.1, -0.05) is 12.1 Å². The summed E-state index contributed by atoms with van der Waals surface area (Å²) in [6.45, 7) is 3.34. The summed E-state index contributed by atoms with van der Waals surface area (Å²) < 4.78 is 43.1. The van der Waals surface area contributed by atoms with E-state index in [1.165, 1.54) is 52.3 Å². The van der Waals surface area contributed by atoms with Crippen molar-refractivity contribution in [2.45, 2.75) is 31.6 Å². The Morgan fingerprint density at radius 2 is 1.85 bits per heavy atom. The van der Waals surface area contributed by atoms with E-state index in [-0.39, 0.29) is 48.2 Å². The Kier molecular flexibility index (Phi) is 6.53. The van der Waals surface area contributed by atoms with Gasteiger partial charge in [0.1, 0.15) is 5.82 Å². The molecule has 12 heteroatoms. The molecule has 1 N–H and O–H groups in total. The van der Waals surface area contributed by atoms with Gasteiger partial charge in [0.15, 0.2) is 11.6 Å². The van der Waals surface area contributed by atoms with E-state index in [2.05, 4.69) is 20.8 Å². The van der Waals surface area contributed by atoms with E-state index in [9.17, 15) is 22.4 Å². The van der Waals surface area contributed by atoms with Crippen LogP contribution in [0.2, 0.25) is 0 Å². The molecule has 3 aromatic rings. The molecule has 0 aliphatic carbocycles. The summed E-state index contributed by atoms with van der Waals surface area (Å²) in [7, 11) is -3.80. The van der Waals surface area contributed by atoms with Crippen LogP contribution in [-0.2, 0) is 14.8 Å². The van der Waals surface area contributed by atoms with Crippen LogP contribution in [-0.4, -0.2) is 57.7 Å². The second-order valence-corrected chi connectivity index (χ2v) is 9.99. The number of benzene rings is 2. The molecule has 1 aliphatic heterocycles. The summed E-state index contributed by atoms with van der Waals surface area (Å²) in [5.74, 6) is -1.19. The van der Waals surface area contributed by atoms with E-state index in [0.717, 1.165) is 0 Å². The van der Waals surface area contributed by atoms with Gasteiger partial charge in [-0.15, -0.1) is 5.10 Å². The molecule has 0 radical (unpaired) electrons. The molecule has 178 valence electrons. The molecule has 0 atom stereocenters. The predicted molar refractivity (Wildman–Crippen MR) is 120 cm³/mol. The highest BCUT2D eigenvalue weighted by Crippen LogP contribution is 2.26. The van der Waals surface area contributed by atoms with Crippen LogP contribution in [0.4, 0.5) is 10.1 Å². The maximum atomic E-state index is 14.3. The van der Waals surface area contributed by atoms with Crippen molar-refractivity contribution in [2.75, 3.05) is 18.4 Å². The lowest BCUT2D eigenvalue weighted by Crippen LogP contribution is -2.41. The molecule has 0 spiro atoms. The number of aromatic nitrogens is 4. The molecule has 1 fully saturated rings. The molecule has 1 aliphatic rings. The van der Waals surface area contributed by atoms with Crippen molar-refractivity contribution in [3.05, 3.63) is 59.7 Å². The van der Waals surface area contributed by atoms with Crippen molar-refractivity contribution in [1.82, 2.24) is 24.5 Å². The number of tetrazole rings is 1. The zero-order valence-corrected chi connectivity index (χ0v) is 19.4. The molecule has 4 rings (SSSR count). The number of ketones is 1. The highest BCUT2D eigenvalue weighted by Gasteiger charge is 2.32. The number of amides is 1. The summed E-state index contributed by atoms with van der Waals surface area (Å²) in [5, 5.41) is 13.8. The Morgan fingerprint density at radius 1 is 1.12 bits per heavy atom. The van der Waals surface area contributed by atoms with Crippen LogP contribution in [0.3, 0.4) is 0 Å². The van der Waals surface area contributed by atoms with Crippen LogP contribution in [0.25, 0.3) is 5.69 Å². The molecular weight excluding hydrogens is 463 g/mol. The first kappa shape index (κ1) is 23.6. The zero-order valence-electron chi connectivity index (χ0n) is 18.6. The third-order valence-corrected chi connectivity index (χ3v) is 7.68. The molecule has 1 amide bonds. The first-order valence-electron chi connectivity index (χ1n) is 10.6. The third kappa shape index (κ3) is 4.73. The topological polar surface area (TPSA) is 127 Å². The Labute approximate surface area is 195 Å². The Hall–Kier alpha value is -3.51. The molecule has 2 aromatic carbocycles. The average molecular weight is 487 g/mol. The highest BCUT2D eigenvalue weighted by atomic mass is 32.2. The number of Topliss-reactive ketones (excluding diaryl/α,β-unsaturated/α-hetero) is 1. The smallest absolute Gasteiger partial charge is 0.243 e. The van der Waals surface area contributed by atoms with Crippen LogP contribution in [0.5, 0.6) is 0 Å². The fourth-order valence-corrected chi connectivity index (χ4v) is 5.34. The van der Waals surface area contributed by atoms with Gasteiger partial charge in [0.05, 0.1) is 16.3 Å². The van der Waals surface area contributed by atoms with Crippen LogP contribution < -0.4 is 5.32 Å². The van der Waals surface area contributed by atoms with Crippen LogP contribution in [0, 0.1) is 18.7 Å². The molecule has 34 heavy (non-hydrogen) atoms. The molecule has 0 bridgehead atoms. The summed E-state index contributed by atoms with van der Waals surface area (Å²) in [6.07, 6.45) is 0.565. The lowest BCUT2D eigenvalue weighted by Gasteiger charge is -2.30. The molecule has 0 saturated carbocycles. The van der Waals surface area contributed by atoms with E-state index in [0.29, 0.717) is 17.1 Å². The predicted octanol–water partition coefficient (Wildman–Crippen LogP) is 2.35. The zero-order chi connectivity index (χ0) is 24.5. The first-order valence-corrected chi connectivity index (χ1v) is 12.1. The quantitative estimate of drug-likeness (QED) is 0.530. The minimum Gasteiger partial charge on any atom is -0.323 e. The summed E-state index contributed by atoms with van der Waals surface area (Å²) in [5.41, 5.74) is 0.804. The first-order chi connectivity index (χ1) is 16.2. The van der Waals surface area contributed by atoms with Crippen molar-refractivity contribution >= 4 is 27.4 Å². The number of piperidine rings is 1. The minimum absolute atomic E-state index is 0.00602. The number of halogens is 1. The summed E-state index contributed by atoms with van der Waals surface area (Å²) in [4.78, 5) is 24.4. The second kappa shape index (κ2) is 9.39. The fourth-order valence-electron chi connectivity index (χ4n) is 3.83. The standard InChI is InChI=1S/C22H23FN6O4S/c1-14(30)17-4-3-5-19(12-17)34(32,33)28-10-8-16(9-11-28)22(31)24-21-13-18(6-7-20(21)23)29-15(2)25-26-27-29/h3-7,12-13,16H,8-11H2,1-2H3,(H,24,31). The van der Waals surface area contributed by atoms with Crippen LogP contribution in [0.1, 0.15) is 35.9 Å². The van der Waals surface area contributed by atoms with Gasteiger partial charge in [0.25, 0.3) is 0 Å². The number of nitrogens with zero attached hydrogens (tertiary/aromatic N) is 5. The molecule has 10 nitrogen and oxygen atoms in total. The molecule has 1 saturated heterocycles. The number of carbonyl (C=O) groups excluding carboxylic acids is 2. The summed E-state index contributed by atoms with van der Waals surface area (Å²) in [6, 6.07) is 10.1. The number of anilines is 1. The van der Waals surface area contributed by atoms with Crippen LogP contribution in [0.15, 0.2) is 47.4 Å². The fraction of sp³-hybridized carbons (Fsp3) is 0.318. The Bertz CT molecular complexity index is 1350. The van der Waals surface area contributed by atoms with Gasteiger partial charge in [-0.2, -0.15) is 8.99 Å². The van der Waals surface area contributed by atoms with E-state index >= 15 is 0 Å². The van der Waals surface area contributed by atoms with Crippen molar-refractivity contribution < 1.29 is 22.4 Å². The maximum absolute atomic E-state index is 14.3.